The summed E-state index contributed by atoms with van der Waals surface area (Å²) in [5.41, 5.74) is -0.514. The number of amides is 3. The van der Waals surface area contributed by atoms with Crippen molar-refractivity contribution in [3.05, 3.63) is 0 Å². The molecule has 0 saturated carbocycles. The number of hydrogen-bond donors (Lipinski definition) is 3. The molecule has 7 heteroatoms. The Balaban J connectivity index is 4.41. The summed E-state index contributed by atoms with van der Waals surface area (Å²) in [6, 6.07) is -0.439. The first kappa shape index (κ1) is 18.2. The van der Waals surface area contributed by atoms with Crippen molar-refractivity contribution in [2.75, 3.05) is 19.6 Å². The van der Waals surface area contributed by atoms with Crippen LogP contribution < -0.4 is 10.6 Å². The zero-order valence-electron chi connectivity index (χ0n) is 12.7. The Bertz CT molecular complexity index is 350. The molecule has 7 nitrogen and oxygen atoms in total. The van der Waals surface area contributed by atoms with E-state index in [2.05, 4.69) is 10.6 Å². The first-order chi connectivity index (χ1) is 9.18. The van der Waals surface area contributed by atoms with Crippen LogP contribution in [0.1, 0.15) is 40.5 Å². The molecule has 0 saturated heterocycles. The number of carboxylic acids is 1. The summed E-state index contributed by atoms with van der Waals surface area (Å²) in [6.07, 6.45) is 0.694. The van der Waals surface area contributed by atoms with Crippen LogP contribution >= 0.6 is 0 Å². The van der Waals surface area contributed by atoms with Crippen molar-refractivity contribution in [3.8, 4) is 0 Å². The van der Waals surface area contributed by atoms with E-state index in [1.807, 2.05) is 27.7 Å². The fraction of sp³-hybridized carbons (Fsp3) is 0.769. The first-order valence-corrected chi connectivity index (χ1v) is 6.72. The van der Waals surface area contributed by atoms with Crippen LogP contribution in [0.3, 0.4) is 0 Å². The van der Waals surface area contributed by atoms with E-state index in [1.165, 1.54) is 4.90 Å². The second-order valence-corrected chi connectivity index (χ2v) is 5.47. The lowest BCUT2D eigenvalue weighted by atomic mass is 10.1. The summed E-state index contributed by atoms with van der Waals surface area (Å²) >= 11 is 0. The van der Waals surface area contributed by atoms with Gasteiger partial charge < -0.3 is 20.6 Å². The second-order valence-electron chi connectivity index (χ2n) is 5.47. The summed E-state index contributed by atoms with van der Waals surface area (Å²) in [6.45, 7) is 7.92. The van der Waals surface area contributed by atoms with E-state index < -0.39 is 17.5 Å². The number of hydrogen-bond acceptors (Lipinski definition) is 3. The highest BCUT2D eigenvalue weighted by atomic mass is 16.4. The summed E-state index contributed by atoms with van der Waals surface area (Å²) < 4.78 is 0. The molecule has 3 amide bonds. The van der Waals surface area contributed by atoms with Gasteiger partial charge in [-0.2, -0.15) is 0 Å². The van der Waals surface area contributed by atoms with Gasteiger partial charge in [-0.25, -0.2) is 4.79 Å². The van der Waals surface area contributed by atoms with Crippen LogP contribution in [0.15, 0.2) is 0 Å². The molecular weight excluding hydrogens is 262 g/mol. The monoisotopic (exact) mass is 287 g/mol. The van der Waals surface area contributed by atoms with Crippen LogP contribution in [0.5, 0.6) is 0 Å². The van der Waals surface area contributed by atoms with E-state index in [9.17, 15) is 14.4 Å². The Labute approximate surface area is 119 Å². The number of aliphatic carboxylic acids is 1. The molecule has 0 aromatic carbocycles. The van der Waals surface area contributed by atoms with Gasteiger partial charge in [0.2, 0.25) is 5.91 Å². The summed E-state index contributed by atoms with van der Waals surface area (Å²) in [7, 11) is 0. The van der Waals surface area contributed by atoms with Gasteiger partial charge >= 0.3 is 12.0 Å². The molecule has 0 unspecified atom stereocenters. The van der Waals surface area contributed by atoms with E-state index in [0.29, 0.717) is 6.54 Å². The van der Waals surface area contributed by atoms with Crippen molar-refractivity contribution in [1.82, 2.24) is 15.5 Å². The lowest BCUT2D eigenvalue weighted by molar-refractivity contribution is -0.137. The van der Waals surface area contributed by atoms with Gasteiger partial charge in [0.1, 0.15) is 0 Å². The highest BCUT2D eigenvalue weighted by molar-refractivity contribution is 5.84. The number of carbonyl (C=O) groups is 3. The third kappa shape index (κ3) is 7.60. The van der Waals surface area contributed by atoms with E-state index in [4.69, 9.17) is 5.11 Å². The third-order valence-corrected chi connectivity index (χ3v) is 2.58. The average molecular weight is 287 g/mol. The minimum Gasteiger partial charge on any atom is -0.481 e. The van der Waals surface area contributed by atoms with Gasteiger partial charge in [0.15, 0.2) is 0 Å². The maximum absolute atomic E-state index is 12.0. The SMILES string of the molecule is CCCNC(=O)CNC(=O)N(CCC(=O)O)C(C)(C)C. The van der Waals surface area contributed by atoms with Crippen molar-refractivity contribution in [1.29, 1.82) is 0 Å². The predicted molar refractivity (Wildman–Crippen MR) is 75.4 cm³/mol. The van der Waals surface area contributed by atoms with Crippen molar-refractivity contribution in [2.24, 2.45) is 0 Å². The molecule has 0 radical (unpaired) electrons. The molecule has 0 heterocycles. The van der Waals surface area contributed by atoms with Gasteiger partial charge in [0.05, 0.1) is 13.0 Å². The molecule has 116 valence electrons. The molecule has 0 aromatic rings. The van der Waals surface area contributed by atoms with Crippen molar-refractivity contribution in [3.63, 3.8) is 0 Å². The fourth-order valence-electron chi connectivity index (χ4n) is 1.53. The summed E-state index contributed by atoms with van der Waals surface area (Å²) in [5.74, 6) is -1.22. The van der Waals surface area contributed by atoms with Crippen LogP contribution in [0.4, 0.5) is 4.79 Å². The Morgan fingerprint density at radius 2 is 1.75 bits per heavy atom. The summed E-state index contributed by atoms with van der Waals surface area (Å²) in [4.78, 5) is 35.5. The minimum atomic E-state index is -0.965. The van der Waals surface area contributed by atoms with Crippen molar-refractivity contribution < 1.29 is 19.5 Å². The van der Waals surface area contributed by atoms with Crippen LogP contribution in [-0.2, 0) is 9.59 Å². The maximum atomic E-state index is 12.0. The number of carbonyl (C=O) groups excluding carboxylic acids is 2. The number of urea groups is 1. The Morgan fingerprint density at radius 1 is 1.15 bits per heavy atom. The number of nitrogens with one attached hydrogen (secondary N) is 2. The molecule has 0 aliphatic carbocycles. The van der Waals surface area contributed by atoms with Gasteiger partial charge in [-0.1, -0.05) is 6.92 Å². The minimum absolute atomic E-state index is 0.0985. The molecule has 20 heavy (non-hydrogen) atoms. The molecule has 0 bridgehead atoms. The smallest absolute Gasteiger partial charge is 0.318 e. The molecule has 0 rings (SSSR count). The Hall–Kier alpha value is -1.79. The molecule has 0 aliphatic rings. The lowest BCUT2D eigenvalue weighted by Gasteiger charge is -2.35. The number of rotatable bonds is 7. The van der Waals surface area contributed by atoms with Crippen molar-refractivity contribution in [2.45, 2.75) is 46.1 Å². The molecule has 0 atom stereocenters. The molecule has 0 fully saturated rings. The van der Waals surface area contributed by atoms with Crippen LogP contribution in [0, 0.1) is 0 Å². The van der Waals surface area contributed by atoms with Crippen LogP contribution in [0.2, 0.25) is 0 Å². The van der Waals surface area contributed by atoms with Gasteiger partial charge in [-0.15, -0.1) is 0 Å². The highest BCUT2D eigenvalue weighted by Crippen LogP contribution is 2.13. The van der Waals surface area contributed by atoms with E-state index in [1.54, 1.807) is 0 Å². The fourth-order valence-corrected chi connectivity index (χ4v) is 1.53. The van der Waals surface area contributed by atoms with E-state index in [0.717, 1.165) is 6.42 Å². The lowest BCUT2D eigenvalue weighted by Crippen LogP contribution is -2.52. The summed E-state index contributed by atoms with van der Waals surface area (Å²) in [5, 5.41) is 13.9. The normalized spacial score (nSPS) is 10.8. The third-order valence-electron chi connectivity index (χ3n) is 2.58. The second kappa shape index (κ2) is 8.39. The molecule has 0 aliphatic heterocycles. The Kier molecular flexibility index (Phi) is 7.64. The number of nitrogens with zero attached hydrogens (tertiary/aromatic N) is 1. The van der Waals surface area contributed by atoms with Gasteiger partial charge in [0, 0.05) is 18.6 Å². The quantitative estimate of drug-likeness (QED) is 0.645. The zero-order chi connectivity index (χ0) is 15.8. The standard InChI is InChI=1S/C13H25N3O4/c1-5-7-14-10(17)9-15-12(20)16(13(2,3)4)8-6-11(18)19/h5-9H2,1-4H3,(H,14,17)(H,15,20)(H,18,19). The highest BCUT2D eigenvalue weighted by Gasteiger charge is 2.26. The molecule has 0 spiro atoms. The molecule has 3 N–H and O–H groups in total. The Morgan fingerprint density at radius 3 is 2.20 bits per heavy atom. The van der Waals surface area contributed by atoms with Crippen LogP contribution in [-0.4, -0.2) is 53.1 Å². The average Bonchev–Trinajstić information content (AvgIpc) is 2.31. The first-order valence-electron chi connectivity index (χ1n) is 6.72. The van der Waals surface area contributed by atoms with Crippen LogP contribution in [0.25, 0.3) is 0 Å². The largest absolute Gasteiger partial charge is 0.481 e. The molecular formula is C13H25N3O4. The van der Waals surface area contributed by atoms with Gasteiger partial charge in [-0.3, -0.25) is 9.59 Å². The predicted octanol–water partition coefficient (Wildman–Crippen LogP) is 0.797. The maximum Gasteiger partial charge on any atom is 0.318 e. The van der Waals surface area contributed by atoms with Gasteiger partial charge in [-0.05, 0) is 27.2 Å². The van der Waals surface area contributed by atoms with Crippen molar-refractivity contribution >= 4 is 17.9 Å². The topological polar surface area (TPSA) is 98.7 Å². The van der Waals surface area contributed by atoms with Gasteiger partial charge in [0.25, 0.3) is 0 Å². The number of carboxylic acid groups (broad SMARTS) is 1. The molecule has 0 aromatic heterocycles. The van der Waals surface area contributed by atoms with E-state index in [-0.39, 0.29) is 25.4 Å². The zero-order valence-corrected chi connectivity index (χ0v) is 12.7. The van der Waals surface area contributed by atoms with E-state index >= 15 is 0 Å².